The van der Waals surface area contributed by atoms with Crippen molar-refractivity contribution in [3.05, 3.63) is 35.9 Å². The molecule has 1 aromatic rings. The van der Waals surface area contributed by atoms with Gasteiger partial charge in [-0.25, -0.2) is 0 Å². The molecule has 7 N–H and O–H groups in total. The van der Waals surface area contributed by atoms with Crippen LogP contribution >= 0.6 is 0 Å². The van der Waals surface area contributed by atoms with Crippen LogP contribution in [-0.4, -0.2) is 76.5 Å². The van der Waals surface area contributed by atoms with E-state index in [1.54, 1.807) is 0 Å². The molecule has 150 valence electrons. The lowest BCUT2D eigenvalue weighted by Crippen LogP contribution is -3.00. The third-order valence-electron chi connectivity index (χ3n) is 5.33. The standard InChI is InChI=1S/C17H21NO4.BrH.3H2O/c1-18-13-7-11(8-14(18)16-15(13)22-16)21-17(20)12(9-19)10-5-3-2-4-6-10;;;;/h2-6,11-16,19H,7-9H2,1H3;1H;3*1H2/p-1/t11?,12-,13-,14+,15-,16+;;;;/m1..../s1. The van der Waals surface area contributed by atoms with Crippen LogP contribution in [0.25, 0.3) is 0 Å². The number of halogens is 1. The molecule has 1 aromatic carbocycles. The molecule has 0 amide bonds. The average molecular weight is 437 g/mol. The molecule has 0 saturated carbocycles. The molecule has 3 saturated heterocycles. The third-order valence-corrected chi connectivity index (χ3v) is 5.33. The summed E-state index contributed by atoms with van der Waals surface area (Å²) in [5.41, 5.74) is 0.803. The summed E-state index contributed by atoms with van der Waals surface area (Å²) in [4.78, 5) is 14.8. The number of esters is 1. The summed E-state index contributed by atoms with van der Waals surface area (Å²) in [6.45, 7) is -0.226. The zero-order valence-corrected chi connectivity index (χ0v) is 16.1. The monoisotopic (exact) mass is 436 g/mol. The third kappa shape index (κ3) is 4.25. The number of ether oxygens (including phenoxy) is 2. The van der Waals surface area contributed by atoms with Gasteiger partial charge in [-0.1, -0.05) is 30.3 Å². The highest BCUT2D eigenvalue weighted by atomic mass is 79.9. The lowest BCUT2D eigenvalue weighted by molar-refractivity contribution is -0.156. The number of morpholine rings is 1. The van der Waals surface area contributed by atoms with E-state index in [0.29, 0.717) is 24.3 Å². The molecule has 0 aromatic heterocycles. The SMILES string of the molecule is CN1[C@@H]2CC(OC(=O)[C@H](CO)c3ccccc3)C[C@H]1[C@@H]1O[C@@H]12.O.O.O.[Br-]. The average Bonchev–Trinajstić information content (AvgIpc) is 3.27. The number of hydrogen-bond donors (Lipinski definition) is 1. The molecule has 1 unspecified atom stereocenters. The van der Waals surface area contributed by atoms with Crippen molar-refractivity contribution in [3.8, 4) is 0 Å². The lowest BCUT2D eigenvalue weighted by atomic mass is 9.97. The van der Waals surface area contributed by atoms with Crippen molar-refractivity contribution in [3.63, 3.8) is 0 Å². The summed E-state index contributed by atoms with van der Waals surface area (Å²) in [5.74, 6) is -0.915. The number of rotatable bonds is 4. The van der Waals surface area contributed by atoms with Crippen molar-refractivity contribution in [1.29, 1.82) is 0 Å². The highest BCUT2D eigenvalue weighted by Crippen LogP contribution is 2.48. The number of aliphatic hydroxyl groups is 1. The maximum absolute atomic E-state index is 12.4. The molecule has 0 spiro atoms. The Morgan fingerprint density at radius 3 is 2.23 bits per heavy atom. The van der Waals surface area contributed by atoms with Gasteiger partial charge in [0.25, 0.3) is 0 Å². The molecule has 9 heteroatoms. The highest BCUT2D eigenvalue weighted by molar-refractivity contribution is 5.78. The second kappa shape index (κ2) is 9.75. The van der Waals surface area contributed by atoms with Crippen molar-refractivity contribution in [2.75, 3.05) is 13.7 Å². The Morgan fingerprint density at radius 2 is 1.73 bits per heavy atom. The van der Waals surface area contributed by atoms with Gasteiger partial charge in [-0.15, -0.1) is 0 Å². The predicted octanol–water partition coefficient (Wildman–Crippen LogP) is -4.55. The van der Waals surface area contributed by atoms with Gasteiger partial charge in [0.15, 0.2) is 0 Å². The van der Waals surface area contributed by atoms with E-state index in [1.807, 2.05) is 30.3 Å². The molecular weight excluding hydrogens is 410 g/mol. The van der Waals surface area contributed by atoms with Gasteiger partial charge in [0.2, 0.25) is 0 Å². The summed E-state index contributed by atoms with van der Waals surface area (Å²) >= 11 is 0. The van der Waals surface area contributed by atoms with Crippen LogP contribution in [0.4, 0.5) is 0 Å². The number of hydrogen-bond acceptors (Lipinski definition) is 5. The molecule has 3 aliphatic rings. The van der Waals surface area contributed by atoms with Crippen LogP contribution in [0.15, 0.2) is 30.3 Å². The molecule has 3 fully saturated rings. The fraction of sp³-hybridized carbons (Fsp3) is 0.588. The van der Waals surface area contributed by atoms with Gasteiger partial charge in [0.1, 0.15) is 24.2 Å². The number of carbonyl (C=O) groups is 1. The largest absolute Gasteiger partial charge is 1.00 e. The molecular formula is C17H27BrNO7-. The van der Waals surface area contributed by atoms with Crippen molar-refractivity contribution >= 4 is 5.97 Å². The number of aliphatic hydroxyl groups excluding tert-OH is 1. The van der Waals surface area contributed by atoms with E-state index in [4.69, 9.17) is 9.47 Å². The lowest BCUT2D eigenvalue weighted by Gasteiger charge is -2.38. The minimum Gasteiger partial charge on any atom is -1.00 e. The number of likely N-dealkylation sites (N-methyl/N-ethyl adjacent to an activating group) is 1. The first-order valence-corrected chi connectivity index (χ1v) is 7.92. The molecule has 3 heterocycles. The van der Waals surface area contributed by atoms with Crippen molar-refractivity contribution in [1.82, 2.24) is 4.90 Å². The van der Waals surface area contributed by atoms with E-state index >= 15 is 0 Å². The molecule has 3 aliphatic heterocycles. The molecule has 8 nitrogen and oxygen atoms in total. The summed E-state index contributed by atoms with van der Waals surface area (Å²) in [6.07, 6.45) is 2.26. The predicted molar refractivity (Wildman–Crippen MR) is 90.2 cm³/mol. The van der Waals surface area contributed by atoms with Gasteiger partial charge in [0.05, 0.1) is 6.61 Å². The zero-order valence-electron chi connectivity index (χ0n) is 14.5. The minimum atomic E-state index is -0.593. The van der Waals surface area contributed by atoms with Gasteiger partial charge < -0.3 is 48.0 Å². The maximum Gasteiger partial charge on any atom is 0.316 e. The van der Waals surface area contributed by atoms with Crippen molar-refractivity contribution < 1.29 is 52.8 Å². The summed E-state index contributed by atoms with van der Waals surface area (Å²) in [5, 5.41) is 9.56. The van der Waals surface area contributed by atoms with Gasteiger partial charge in [-0.05, 0) is 12.6 Å². The summed E-state index contributed by atoms with van der Waals surface area (Å²) < 4.78 is 11.4. The number of piperidine rings is 1. The van der Waals surface area contributed by atoms with E-state index < -0.39 is 5.92 Å². The number of nitrogens with zero attached hydrogens (tertiary/aromatic N) is 1. The summed E-state index contributed by atoms with van der Waals surface area (Å²) in [6, 6.07) is 10.1. The van der Waals surface area contributed by atoms with Crippen LogP contribution < -0.4 is 17.0 Å². The number of benzene rings is 1. The Balaban J connectivity index is 0.00000156. The Kier molecular flexibility index (Phi) is 9.35. The molecule has 0 radical (unpaired) electrons. The number of epoxide rings is 1. The Labute approximate surface area is 162 Å². The number of carbonyl (C=O) groups excluding carboxylic acids is 1. The Bertz CT molecular complexity index is 557. The molecule has 2 bridgehead atoms. The second-order valence-electron chi connectivity index (χ2n) is 6.54. The molecule has 4 rings (SSSR count). The van der Waals surface area contributed by atoms with Gasteiger partial charge in [-0.3, -0.25) is 9.69 Å². The summed E-state index contributed by atoms with van der Waals surface area (Å²) in [7, 11) is 2.13. The first kappa shape index (κ1) is 24.9. The molecule has 26 heavy (non-hydrogen) atoms. The highest BCUT2D eigenvalue weighted by Gasteiger charge is 2.62. The topological polar surface area (TPSA) is 157 Å². The number of fused-ring (bicyclic) bond motifs is 5. The zero-order chi connectivity index (χ0) is 15.3. The van der Waals surface area contributed by atoms with Gasteiger partial charge in [0, 0.05) is 24.9 Å². The normalized spacial score (nSPS) is 31.7. The Hall–Kier alpha value is -1.07. The maximum atomic E-state index is 12.4. The van der Waals surface area contributed by atoms with Crippen molar-refractivity contribution in [2.24, 2.45) is 0 Å². The minimum absolute atomic E-state index is 0. The van der Waals surface area contributed by atoms with Crippen LogP contribution in [0.3, 0.4) is 0 Å². The van der Waals surface area contributed by atoms with Crippen molar-refractivity contribution in [2.45, 2.75) is 49.2 Å². The van der Waals surface area contributed by atoms with E-state index in [-0.39, 0.29) is 52.1 Å². The first-order chi connectivity index (χ1) is 10.7. The first-order valence-electron chi connectivity index (χ1n) is 7.92. The Morgan fingerprint density at radius 1 is 1.19 bits per heavy atom. The van der Waals surface area contributed by atoms with Crippen LogP contribution in [0.1, 0.15) is 24.3 Å². The van der Waals surface area contributed by atoms with Crippen LogP contribution in [0, 0.1) is 0 Å². The van der Waals surface area contributed by atoms with Gasteiger partial charge >= 0.3 is 5.97 Å². The fourth-order valence-electron chi connectivity index (χ4n) is 4.04. The van der Waals surface area contributed by atoms with E-state index in [2.05, 4.69) is 11.9 Å². The van der Waals surface area contributed by atoms with E-state index in [1.165, 1.54) is 0 Å². The van der Waals surface area contributed by atoms with E-state index in [0.717, 1.165) is 18.4 Å². The fourth-order valence-corrected chi connectivity index (χ4v) is 4.04. The quantitative estimate of drug-likeness (QED) is 0.371. The molecule has 6 atom stereocenters. The second-order valence-corrected chi connectivity index (χ2v) is 6.54. The van der Waals surface area contributed by atoms with Crippen LogP contribution in [0.2, 0.25) is 0 Å². The van der Waals surface area contributed by atoms with E-state index in [9.17, 15) is 9.90 Å². The van der Waals surface area contributed by atoms with Crippen LogP contribution in [-0.2, 0) is 14.3 Å². The van der Waals surface area contributed by atoms with Gasteiger partial charge in [-0.2, -0.15) is 0 Å². The molecule has 0 aliphatic carbocycles. The smallest absolute Gasteiger partial charge is 0.316 e. The van der Waals surface area contributed by atoms with Crippen LogP contribution in [0.5, 0.6) is 0 Å².